The number of rotatable bonds is 5. The van der Waals surface area contributed by atoms with Gasteiger partial charge in [-0.15, -0.1) is 10.2 Å². The summed E-state index contributed by atoms with van der Waals surface area (Å²) in [6.45, 7) is 9.88. The highest BCUT2D eigenvalue weighted by Crippen LogP contribution is 2.47. The van der Waals surface area contributed by atoms with Crippen LogP contribution in [0.25, 0.3) is 27.7 Å². The van der Waals surface area contributed by atoms with E-state index >= 15 is 0 Å². The second-order valence-corrected chi connectivity index (χ2v) is 8.87. The Balaban J connectivity index is 1.78. The molecule has 0 amide bonds. The van der Waals surface area contributed by atoms with Crippen molar-refractivity contribution in [3.63, 3.8) is 0 Å². The van der Waals surface area contributed by atoms with Crippen molar-refractivity contribution in [2.45, 2.75) is 39.8 Å². The second-order valence-electron chi connectivity index (χ2n) is 8.87. The summed E-state index contributed by atoms with van der Waals surface area (Å²) >= 11 is 0. The van der Waals surface area contributed by atoms with E-state index in [1.165, 1.54) is 10.9 Å². The summed E-state index contributed by atoms with van der Waals surface area (Å²) in [5.41, 5.74) is 6.30. The number of ether oxygens (including phenoxy) is 2. The molecule has 0 spiro atoms. The van der Waals surface area contributed by atoms with E-state index in [9.17, 15) is 0 Å². The van der Waals surface area contributed by atoms with Crippen LogP contribution in [0.15, 0.2) is 36.5 Å². The predicted molar refractivity (Wildman–Crippen MR) is 127 cm³/mol. The molecular formula is C25H29N5O2. The van der Waals surface area contributed by atoms with Crippen LogP contribution in [0.2, 0.25) is 0 Å². The Kier molecular flexibility index (Phi) is 4.74. The van der Waals surface area contributed by atoms with E-state index in [0.29, 0.717) is 6.61 Å². The minimum Gasteiger partial charge on any atom is -0.496 e. The minimum atomic E-state index is -0.341. The minimum absolute atomic E-state index is 0.341. The fourth-order valence-electron chi connectivity index (χ4n) is 4.91. The van der Waals surface area contributed by atoms with Crippen LogP contribution in [-0.2, 0) is 16.8 Å². The number of hydrogen-bond acceptors (Lipinski definition) is 5. The molecule has 2 aromatic heterocycles. The molecule has 1 aliphatic heterocycles. The maximum Gasteiger partial charge on any atom is 0.162 e. The number of methoxy groups -OCH3 is 2. The molecule has 3 heterocycles. The molecule has 1 N–H and O–H groups in total. The van der Waals surface area contributed by atoms with Crippen LogP contribution in [0.5, 0.6) is 5.75 Å². The molecular weight excluding hydrogens is 402 g/mol. The van der Waals surface area contributed by atoms with Gasteiger partial charge in [-0.25, -0.2) is 0 Å². The van der Waals surface area contributed by atoms with Gasteiger partial charge in [0.15, 0.2) is 5.82 Å². The number of nitrogens with one attached hydrogen (secondary N) is 1. The number of aromatic nitrogens is 4. The predicted octanol–water partition coefficient (Wildman–Crippen LogP) is 4.82. The number of nitrogens with zero attached hydrogens (tertiary/aromatic N) is 4. The lowest BCUT2D eigenvalue weighted by atomic mass is 9.91. The summed E-state index contributed by atoms with van der Waals surface area (Å²) in [5.74, 6) is 2.63. The van der Waals surface area contributed by atoms with E-state index in [0.717, 1.165) is 52.0 Å². The molecule has 0 saturated heterocycles. The van der Waals surface area contributed by atoms with Crippen molar-refractivity contribution in [3.8, 4) is 22.6 Å². The molecule has 0 aliphatic carbocycles. The van der Waals surface area contributed by atoms with Gasteiger partial charge in [-0.2, -0.15) is 0 Å². The lowest BCUT2D eigenvalue weighted by Crippen LogP contribution is -2.36. The Morgan fingerprint density at radius 1 is 1.09 bits per heavy atom. The van der Waals surface area contributed by atoms with Crippen molar-refractivity contribution in [2.75, 3.05) is 26.1 Å². The Hall–Kier alpha value is -3.32. The van der Waals surface area contributed by atoms with Crippen molar-refractivity contribution in [3.05, 3.63) is 53.7 Å². The Bertz CT molecular complexity index is 1330. The summed E-state index contributed by atoms with van der Waals surface area (Å²) in [7, 11) is 3.47. The first-order valence-corrected chi connectivity index (χ1v) is 10.9. The zero-order valence-corrected chi connectivity index (χ0v) is 19.5. The average molecular weight is 432 g/mol. The van der Waals surface area contributed by atoms with Gasteiger partial charge in [0.05, 0.1) is 30.6 Å². The van der Waals surface area contributed by atoms with Gasteiger partial charge in [0.1, 0.15) is 11.6 Å². The number of anilines is 1. The van der Waals surface area contributed by atoms with Gasteiger partial charge >= 0.3 is 0 Å². The van der Waals surface area contributed by atoms with Gasteiger partial charge in [-0.3, -0.25) is 4.57 Å². The Labute approximate surface area is 188 Å². The zero-order chi connectivity index (χ0) is 22.6. The van der Waals surface area contributed by atoms with Crippen LogP contribution < -0.4 is 10.1 Å². The smallest absolute Gasteiger partial charge is 0.162 e. The van der Waals surface area contributed by atoms with Crippen LogP contribution in [0.3, 0.4) is 0 Å². The second kappa shape index (κ2) is 7.38. The summed E-state index contributed by atoms with van der Waals surface area (Å²) in [5, 5.41) is 13.7. The lowest BCUT2D eigenvalue weighted by Gasteiger charge is -2.35. The van der Waals surface area contributed by atoms with Gasteiger partial charge in [0.25, 0.3) is 0 Å². The first-order valence-electron chi connectivity index (χ1n) is 10.9. The van der Waals surface area contributed by atoms with Crippen LogP contribution in [0.1, 0.15) is 31.1 Å². The summed E-state index contributed by atoms with van der Waals surface area (Å²) in [4.78, 5) is 0. The van der Waals surface area contributed by atoms with Crippen molar-refractivity contribution >= 4 is 16.6 Å². The molecule has 0 saturated carbocycles. The SMILES string of the molecule is COCCn1ccc2c(-c3c(OC)cc4c(c3C)-n3c(C)nnc3C(C)(C)N4)cccc21. The standard InChI is InChI=1S/C25H29N5O2/c1-15-22(18-8-7-9-20-17(18)10-11-29(20)12-13-31-5)21(32-6)14-19-23(15)30-16(2)27-28-24(30)25(3,4)26-19/h7-11,14,26H,12-13H2,1-6H3. The van der Waals surface area contributed by atoms with E-state index in [4.69, 9.17) is 9.47 Å². The van der Waals surface area contributed by atoms with E-state index in [-0.39, 0.29) is 5.54 Å². The third kappa shape index (κ3) is 2.92. The van der Waals surface area contributed by atoms with Crippen molar-refractivity contribution < 1.29 is 9.47 Å². The van der Waals surface area contributed by atoms with Crippen LogP contribution >= 0.6 is 0 Å². The maximum atomic E-state index is 5.93. The molecule has 2 aromatic carbocycles. The van der Waals surface area contributed by atoms with Gasteiger partial charge in [-0.05, 0) is 51.0 Å². The van der Waals surface area contributed by atoms with Crippen LogP contribution in [0.4, 0.5) is 5.69 Å². The molecule has 1 aliphatic rings. The van der Waals surface area contributed by atoms with Gasteiger partial charge in [0, 0.05) is 42.4 Å². The summed E-state index contributed by atoms with van der Waals surface area (Å²) in [6.07, 6.45) is 2.12. The molecule has 0 unspecified atom stereocenters. The molecule has 7 heteroatoms. The molecule has 32 heavy (non-hydrogen) atoms. The third-order valence-corrected chi connectivity index (χ3v) is 6.40. The molecule has 7 nitrogen and oxygen atoms in total. The molecule has 166 valence electrons. The van der Waals surface area contributed by atoms with Crippen molar-refractivity contribution in [1.29, 1.82) is 0 Å². The zero-order valence-electron chi connectivity index (χ0n) is 19.5. The highest BCUT2D eigenvalue weighted by molar-refractivity contribution is 5.99. The third-order valence-electron chi connectivity index (χ3n) is 6.40. The highest BCUT2D eigenvalue weighted by atomic mass is 16.5. The van der Waals surface area contributed by atoms with E-state index < -0.39 is 0 Å². The topological polar surface area (TPSA) is 66.1 Å². The van der Waals surface area contributed by atoms with E-state index in [2.05, 4.69) is 81.9 Å². The quantitative estimate of drug-likeness (QED) is 0.491. The maximum absolute atomic E-state index is 5.93. The van der Waals surface area contributed by atoms with Crippen molar-refractivity contribution in [1.82, 2.24) is 19.3 Å². The fraction of sp³-hybridized carbons (Fsp3) is 0.360. The number of benzene rings is 2. The molecule has 0 radical (unpaired) electrons. The number of hydrogen-bond donors (Lipinski definition) is 1. The van der Waals surface area contributed by atoms with Gasteiger partial charge < -0.3 is 19.4 Å². The molecule has 0 bridgehead atoms. The summed E-state index contributed by atoms with van der Waals surface area (Å²) < 4.78 is 15.6. The fourth-order valence-corrected chi connectivity index (χ4v) is 4.91. The molecule has 0 fully saturated rings. The van der Waals surface area contributed by atoms with Crippen LogP contribution in [0, 0.1) is 13.8 Å². The lowest BCUT2D eigenvalue weighted by molar-refractivity contribution is 0.188. The first kappa shape index (κ1) is 20.6. The Morgan fingerprint density at radius 3 is 2.66 bits per heavy atom. The number of aryl methyl sites for hydroxylation is 1. The van der Waals surface area contributed by atoms with Gasteiger partial charge in [0.2, 0.25) is 0 Å². The normalized spacial score (nSPS) is 14.2. The molecule has 0 atom stereocenters. The first-order chi connectivity index (χ1) is 15.4. The van der Waals surface area contributed by atoms with E-state index in [1.807, 2.05) is 6.92 Å². The monoisotopic (exact) mass is 431 g/mol. The van der Waals surface area contributed by atoms with Crippen LogP contribution in [-0.4, -0.2) is 40.2 Å². The Morgan fingerprint density at radius 2 is 1.91 bits per heavy atom. The number of fused-ring (bicyclic) bond motifs is 4. The average Bonchev–Trinajstić information content (AvgIpc) is 3.36. The molecule has 4 aromatic rings. The van der Waals surface area contributed by atoms with E-state index in [1.54, 1.807) is 14.2 Å². The highest BCUT2D eigenvalue weighted by Gasteiger charge is 2.36. The van der Waals surface area contributed by atoms with Crippen molar-refractivity contribution in [2.24, 2.45) is 0 Å². The largest absolute Gasteiger partial charge is 0.496 e. The molecule has 5 rings (SSSR count). The summed E-state index contributed by atoms with van der Waals surface area (Å²) in [6, 6.07) is 10.7. The van der Waals surface area contributed by atoms with Gasteiger partial charge in [-0.1, -0.05) is 12.1 Å².